The molecular weight excluding hydrogens is 349 g/mol. The fraction of sp³-hybridized carbons (Fsp3) is 0.450. The van der Waals surface area contributed by atoms with Gasteiger partial charge >= 0.3 is 0 Å². The second-order valence-corrected chi connectivity index (χ2v) is 7.66. The minimum absolute atomic E-state index is 0.128. The summed E-state index contributed by atoms with van der Waals surface area (Å²) in [5.41, 5.74) is 2.88. The van der Waals surface area contributed by atoms with Gasteiger partial charge in [0.05, 0.1) is 47.7 Å². The van der Waals surface area contributed by atoms with E-state index < -0.39 is 0 Å². The number of aromatic nitrogens is 2. The topological polar surface area (TPSA) is 64.4 Å². The molecule has 3 saturated heterocycles. The Kier molecular flexibility index (Phi) is 3.53. The van der Waals surface area contributed by atoms with Crippen molar-refractivity contribution >= 4 is 17.5 Å². The average Bonchev–Trinajstić information content (AvgIpc) is 3.37. The Morgan fingerprint density at radius 3 is 2.26 bits per heavy atom. The molecule has 2 aromatic rings. The summed E-state index contributed by atoms with van der Waals surface area (Å²) in [5.74, 6) is -1.31. The van der Waals surface area contributed by atoms with Crippen LogP contribution in [0.5, 0.6) is 0 Å². The van der Waals surface area contributed by atoms with E-state index in [1.807, 2.05) is 13.8 Å². The Bertz CT molecular complexity index is 924. The zero-order valence-corrected chi connectivity index (χ0v) is 15.2. The lowest BCUT2D eigenvalue weighted by molar-refractivity contribution is -0.124. The van der Waals surface area contributed by atoms with Gasteiger partial charge in [-0.25, -0.2) is 9.29 Å². The SMILES string of the molecule is Cc1nn(Cc2ccc(F)cc2)c(C)c1N1C(=O)C2C3CCC(O3)C2C1=O. The van der Waals surface area contributed by atoms with Crippen molar-refractivity contribution in [3.8, 4) is 0 Å². The van der Waals surface area contributed by atoms with E-state index in [0.29, 0.717) is 17.9 Å². The molecule has 7 heteroatoms. The van der Waals surface area contributed by atoms with Crippen molar-refractivity contribution in [3.63, 3.8) is 0 Å². The van der Waals surface area contributed by atoms with Gasteiger partial charge in [-0.15, -0.1) is 0 Å². The monoisotopic (exact) mass is 369 g/mol. The maximum atomic E-state index is 13.1. The molecular formula is C20H20FN3O3. The highest BCUT2D eigenvalue weighted by molar-refractivity contribution is 6.23. The molecule has 2 bridgehead atoms. The van der Waals surface area contributed by atoms with Crippen LogP contribution in [0.3, 0.4) is 0 Å². The van der Waals surface area contributed by atoms with Crippen LogP contribution in [0.1, 0.15) is 29.8 Å². The zero-order chi connectivity index (χ0) is 18.9. The maximum Gasteiger partial charge on any atom is 0.240 e. The molecule has 0 radical (unpaired) electrons. The fourth-order valence-corrected chi connectivity index (χ4v) is 4.86. The largest absolute Gasteiger partial charge is 0.373 e. The number of carbonyl (C=O) groups is 2. The van der Waals surface area contributed by atoms with Crippen molar-refractivity contribution < 1.29 is 18.7 Å². The fourth-order valence-electron chi connectivity index (χ4n) is 4.86. The van der Waals surface area contributed by atoms with Crippen LogP contribution in [0, 0.1) is 31.5 Å². The molecule has 4 heterocycles. The van der Waals surface area contributed by atoms with E-state index in [1.54, 1.807) is 16.8 Å². The molecule has 0 saturated carbocycles. The number of hydrogen-bond donors (Lipinski definition) is 0. The van der Waals surface area contributed by atoms with Gasteiger partial charge in [-0.1, -0.05) is 12.1 Å². The first-order valence-electron chi connectivity index (χ1n) is 9.27. The van der Waals surface area contributed by atoms with Gasteiger partial charge in [-0.05, 0) is 44.4 Å². The zero-order valence-electron chi connectivity index (χ0n) is 15.2. The van der Waals surface area contributed by atoms with Crippen LogP contribution in [0.15, 0.2) is 24.3 Å². The summed E-state index contributed by atoms with van der Waals surface area (Å²) in [7, 11) is 0. The highest BCUT2D eigenvalue weighted by Crippen LogP contribution is 2.50. The van der Waals surface area contributed by atoms with Gasteiger partial charge in [-0.2, -0.15) is 5.10 Å². The molecule has 3 fully saturated rings. The number of benzene rings is 1. The van der Waals surface area contributed by atoms with Crippen LogP contribution in [-0.4, -0.2) is 33.8 Å². The smallest absolute Gasteiger partial charge is 0.240 e. The molecule has 3 aliphatic heterocycles. The summed E-state index contributed by atoms with van der Waals surface area (Å²) >= 11 is 0. The van der Waals surface area contributed by atoms with Gasteiger partial charge in [0.1, 0.15) is 5.82 Å². The Balaban J connectivity index is 1.49. The predicted octanol–water partition coefficient (Wildman–Crippen LogP) is 2.35. The Morgan fingerprint density at radius 1 is 1.07 bits per heavy atom. The molecule has 1 aromatic heterocycles. The summed E-state index contributed by atoms with van der Waals surface area (Å²) < 4.78 is 20.7. The third-order valence-electron chi connectivity index (χ3n) is 6.10. The number of halogens is 1. The summed E-state index contributed by atoms with van der Waals surface area (Å²) in [6, 6.07) is 6.23. The van der Waals surface area contributed by atoms with E-state index >= 15 is 0 Å². The van der Waals surface area contributed by atoms with E-state index in [4.69, 9.17) is 4.74 Å². The molecule has 0 aliphatic carbocycles. The Labute approximate surface area is 155 Å². The number of amides is 2. The second-order valence-electron chi connectivity index (χ2n) is 7.66. The summed E-state index contributed by atoms with van der Waals surface area (Å²) in [6.45, 7) is 4.12. The summed E-state index contributed by atoms with van der Waals surface area (Å²) in [4.78, 5) is 27.4. The summed E-state index contributed by atoms with van der Waals surface area (Å²) in [6.07, 6.45) is 1.44. The number of rotatable bonds is 3. The third kappa shape index (κ3) is 2.31. The molecule has 5 rings (SSSR count). The summed E-state index contributed by atoms with van der Waals surface area (Å²) in [5, 5.41) is 4.53. The molecule has 4 atom stereocenters. The van der Waals surface area contributed by atoms with E-state index in [9.17, 15) is 14.0 Å². The molecule has 0 N–H and O–H groups in total. The van der Waals surface area contributed by atoms with Crippen LogP contribution < -0.4 is 4.90 Å². The van der Waals surface area contributed by atoms with Gasteiger partial charge in [0.15, 0.2) is 0 Å². The molecule has 6 nitrogen and oxygen atoms in total. The van der Waals surface area contributed by atoms with Crippen LogP contribution in [0.2, 0.25) is 0 Å². The number of anilines is 1. The minimum atomic E-state index is -0.351. The first-order valence-corrected chi connectivity index (χ1v) is 9.27. The lowest BCUT2D eigenvalue weighted by atomic mass is 9.81. The molecule has 3 aliphatic rings. The maximum absolute atomic E-state index is 13.1. The van der Waals surface area contributed by atoms with Crippen molar-refractivity contribution in [2.24, 2.45) is 11.8 Å². The van der Waals surface area contributed by atoms with Crippen molar-refractivity contribution in [1.82, 2.24) is 9.78 Å². The number of imide groups is 1. The first kappa shape index (κ1) is 16.6. The molecule has 140 valence electrons. The second kappa shape index (κ2) is 5.73. The standard InChI is InChI=1S/C20H20FN3O3/c1-10-18(11(2)23(22-10)9-12-3-5-13(21)6-4-12)24-19(25)16-14-7-8-15(27-14)17(16)20(24)26/h3-6,14-17H,7-9H2,1-2H3. The third-order valence-corrected chi connectivity index (χ3v) is 6.10. The first-order chi connectivity index (χ1) is 13.0. The molecule has 2 amide bonds. The number of fused-ring (bicyclic) bond motifs is 5. The van der Waals surface area contributed by atoms with Crippen molar-refractivity contribution in [1.29, 1.82) is 0 Å². The van der Waals surface area contributed by atoms with Gasteiger partial charge in [-0.3, -0.25) is 14.3 Å². The van der Waals surface area contributed by atoms with Crippen LogP contribution in [-0.2, 0) is 20.9 Å². The van der Waals surface area contributed by atoms with E-state index in [2.05, 4.69) is 5.10 Å². The number of ether oxygens (including phenoxy) is 1. The Hall–Kier alpha value is -2.54. The molecule has 0 spiro atoms. The lowest BCUT2D eigenvalue weighted by Crippen LogP contribution is -2.35. The van der Waals surface area contributed by atoms with E-state index in [-0.39, 0.29) is 41.7 Å². The number of carbonyl (C=O) groups excluding carboxylic acids is 2. The van der Waals surface area contributed by atoms with E-state index in [0.717, 1.165) is 24.1 Å². The van der Waals surface area contributed by atoms with E-state index in [1.165, 1.54) is 17.0 Å². The highest BCUT2D eigenvalue weighted by atomic mass is 19.1. The Morgan fingerprint density at radius 2 is 1.67 bits per heavy atom. The normalized spacial score (nSPS) is 29.1. The molecule has 27 heavy (non-hydrogen) atoms. The van der Waals surface area contributed by atoms with Crippen LogP contribution in [0.4, 0.5) is 10.1 Å². The van der Waals surface area contributed by atoms with Gasteiger partial charge in [0.2, 0.25) is 11.8 Å². The number of aryl methyl sites for hydroxylation is 1. The average molecular weight is 369 g/mol. The van der Waals surface area contributed by atoms with Gasteiger partial charge in [0, 0.05) is 0 Å². The quantitative estimate of drug-likeness (QED) is 0.779. The highest BCUT2D eigenvalue weighted by Gasteiger charge is 2.63. The van der Waals surface area contributed by atoms with Crippen LogP contribution in [0.25, 0.3) is 0 Å². The van der Waals surface area contributed by atoms with Crippen molar-refractivity contribution in [2.75, 3.05) is 4.90 Å². The molecule has 1 aromatic carbocycles. The number of hydrogen-bond acceptors (Lipinski definition) is 4. The lowest BCUT2D eigenvalue weighted by Gasteiger charge is -2.18. The van der Waals surface area contributed by atoms with Gasteiger partial charge in [0.25, 0.3) is 0 Å². The van der Waals surface area contributed by atoms with Crippen LogP contribution >= 0.6 is 0 Å². The van der Waals surface area contributed by atoms with Crippen molar-refractivity contribution in [3.05, 3.63) is 47.0 Å². The predicted molar refractivity (Wildman–Crippen MR) is 94.6 cm³/mol. The number of nitrogens with zero attached hydrogens (tertiary/aromatic N) is 3. The molecule has 4 unspecified atom stereocenters. The minimum Gasteiger partial charge on any atom is -0.373 e. The van der Waals surface area contributed by atoms with Crippen molar-refractivity contribution in [2.45, 2.75) is 45.4 Å². The van der Waals surface area contributed by atoms with Gasteiger partial charge < -0.3 is 4.74 Å².